The number of nitrogens with zero attached hydrogens (tertiary/aromatic N) is 2. The van der Waals surface area contributed by atoms with Crippen LogP contribution in [0.2, 0.25) is 0 Å². The zero-order valence-electron chi connectivity index (χ0n) is 11.1. The van der Waals surface area contributed by atoms with E-state index < -0.39 is 5.60 Å². The summed E-state index contributed by atoms with van der Waals surface area (Å²) in [6.45, 7) is 1.51. The molecule has 1 unspecified atom stereocenters. The van der Waals surface area contributed by atoms with Crippen molar-refractivity contribution in [1.82, 2.24) is 4.90 Å². The van der Waals surface area contributed by atoms with Crippen LogP contribution in [-0.2, 0) is 10.4 Å². The van der Waals surface area contributed by atoms with E-state index in [9.17, 15) is 9.90 Å². The van der Waals surface area contributed by atoms with Gasteiger partial charge >= 0.3 is 0 Å². The third-order valence-electron chi connectivity index (χ3n) is 2.77. The van der Waals surface area contributed by atoms with E-state index in [4.69, 9.17) is 0 Å². The number of anilines is 1. The third kappa shape index (κ3) is 2.77. The van der Waals surface area contributed by atoms with Crippen LogP contribution in [0, 0.1) is 0 Å². The van der Waals surface area contributed by atoms with Gasteiger partial charge in [0.1, 0.15) is 0 Å². The number of benzene rings is 1. The van der Waals surface area contributed by atoms with Crippen LogP contribution in [0.3, 0.4) is 0 Å². The fourth-order valence-electron chi connectivity index (χ4n) is 1.64. The molecule has 1 rings (SSSR count). The molecule has 0 saturated heterocycles. The van der Waals surface area contributed by atoms with E-state index in [1.54, 1.807) is 26.2 Å². The average molecular weight is 236 g/mol. The van der Waals surface area contributed by atoms with Crippen molar-refractivity contribution in [2.24, 2.45) is 0 Å². The Bertz CT molecular complexity index is 394. The van der Waals surface area contributed by atoms with E-state index in [0.717, 1.165) is 5.69 Å². The van der Waals surface area contributed by atoms with E-state index in [1.807, 2.05) is 31.1 Å². The summed E-state index contributed by atoms with van der Waals surface area (Å²) in [4.78, 5) is 15.2. The molecule has 4 heteroatoms. The minimum absolute atomic E-state index is 0.324. The summed E-state index contributed by atoms with van der Waals surface area (Å²) in [6, 6.07) is 7.31. The van der Waals surface area contributed by atoms with Crippen molar-refractivity contribution >= 4 is 11.6 Å². The quantitative estimate of drug-likeness (QED) is 0.853. The maximum Gasteiger partial charge on any atom is 0.258 e. The molecule has 0 aromatic heterocycles. The van der Waals surface area contributed by atoms with Crippen LogP contribution in [0.1, 0.15) is 12.5 Å². The Balaban J connectivity index is 3.04. The number of hydrogen-bond donors (Lipinski definition) is 1. The first-order valence-corrected chi connectivity index (χ1v) is 5.49. The van der Waals surface area contributed by atoms with Gasteiger partial charge in [0.15, 0.2) is 5.60 Å². The molecule has 0 spiro atoms. The van der Waals surface area contributed by atoms with Crippen molar-refractivity contribution in [1.29, 1.82) is 0 Å². The highest BCUT2D eigenvalue weighted by molar-refractivity contribution is 5.85. The van der Waals surface area contributed by atoms with Gasteiger partial charge in [-0.3, -0.25) is 4.79 Å². The number of hydrogen-bond acceptors (Lipinski definition) is 3. The molecule has 0 aliphatic rings. The molecule has 17 heavy (non-hydrogen) atoms. The molecule has 0 aliphatic carbocycles. The average Bonchev–Trinajstić information content (AvgIpc) is 2.27. The number of rotatable bonds is 3. The van der Waals surface area contributed by atoms with Gasteiger partial charge in [-0.1, -0.05) is 12.1 Å². The first-order chi connectivity index (χ1) is 7.76. The largest absolute Gasteiger partial charge is 0.378 e. The van der Waals surface area contributed by atoms with Gasteiger partial charge in [-0.2, -0.15) is 0 Å². The summed E-state index contributed by atoms with van der Waals surface area (Å²) >= 11 is 0. The predicted octanol–water partition coefficient (Wildman–Crippen LogP) is 1.05. The molecule has 1 aromatic rings. The zero-order chi connectivity index (χ0) is 13.2. The Morgan fingerprint density at radius 2 is 1.59 bits per heavy atom. The van der Waals surface area contributed by atoms with Crippen molar-refractivity contribution in [3.05, 3.63) is 29.8 Å². The van der Waals surface area contributed by atoms with Gasteiger partial charge in [-0.05, 0) is 24.6 Å². The number of carbonyl (C=O) groups excluding carboxylic acids is 1. The SMILES string of the molecule is CN(C)C(=O)C(C)(O)c1ccc(N(C)C)cc1. The van der Waals surface area contributed by atoms with Gasteiger partial charge < -0.3 is 14.9 Å². The second-order valence-corrected chi connectivity index (χ2v) is 4.71. The lowest BCUT2D eigenvalue weighted by Gasteiger charge is -2.26. The van der Waals surface area contributed by atoms with Crippen LogP contribution in [0.4, 0.5) is 5.69 Å². The maximum atomic E-state index is 11.8. The lowest BCUT2D eigenvalue weighted by molar-refractivity contribution is -0.147. The first kappa shape index (κ1) is 13.5. The van der Waals surface area contributed by atoms with E-state index in [-0.39, 0.29) is 5.91 Å². The second kappa shape index (κ2) is 4.75. The summed E-state index contributed by atoms with van der Waals surface area (Å²) in [7, 11) is 7.15. The lowest BCUT2D eigenvalue weighted by Crippen LogP contribution is -2.41. The minimum Gasteiger partial charge on any atom is -0.378 e. The lowest BCUT2D eigenvalue weighted by atomic mass is 9.94. The van der Waals surface area contributed by atoms with Crippen LogP contribution in [-0.4, -0.2) is 44.1 Å². The zero-order valence-corrected chi connectivity index (χ0v) is 11.1. The smallest absolute Gasteiger partial charge is 0.258 e. The van der Waals surface area contributed by atoms with Crippen LogP contribution in [0.25, 0.3) is 0 Å². The molecule has 0 radical (unpaired) electrons. The van der Waals surface area contributed by atoms with Crippen molar-refractivity contribution in [3.8, 4) is 0 Å². The first-order valence-electron chi connectivity index (χ1n) is 5.49. The van der Waals surface area contributed by atoms with Gasteiger partial charge in [0, 0.05) is 33.9 Å². The van der Waals surface area contributed by atoms with Crippen LogP contribution >= 0.6 is 0 Å². The van der Waals surface area contributed by atoms with Crippen LogP contribution in [0.5, 0.6) is 0 Å². The molecule has 1 aromatic carbocycles. The van der Waals surface area contributed by atoms with E-state index in [0.29, 0.717) is 5.56 Å². The maximum absolute atomic E-state index is 11.8. The van der Waals surface area contributed by atoms with Crippen molar-refractivity contribution in [3.63, 3.8) is 0 Å². The molecule has 94 valence electrons. The van der Waals surface area contributed by atoms with Crippen molar-refractivity contribution in [2.75, 3.05) is 33.1 Å². The summed E-state index contributed by atoms with van der Waals surface area (Å²) < 4.78 is 0. The fraction of sp³-hybridized carbons (Fsp3) is 0.462. The van der Waals surface area contributed by atoms with Crippen LogP contribution in [0.15, 0.2) is 24.3 Å². The summed E-state index contributed by atoms with van der Waals surface area (Å²) in [5.41, 5.74) is 0.151. The van der Waals surface area contributed by atoms with Crippen LogP contribution < -0.4 is 4.90 Å². The topological polar surface area (TPSA) is 43.8 Å². The number of amides is 1. The van der Waals surface area contributed by atoms with E-state index >= 15 is 0 Å². The minimum atomic E-state index is -1.48. The molecule has 1 atom stereocenters. The molecule has 0 bridgehead atoms. The highest BCUT2D eigenvalue weighted by Crippen LogP contribution is 2.24. The number of likely N-dealkylation sites (N-methyl/N-ethyl adjacent to an activating group) is 1. The summed E-state index contributed by atoms with van der Waals surface area (Å²) in [6.07, 6.45) is 0. The molecular weight excluding hydrogens is 216 g/mol. The van der Waals surface area contributed by atoms with Gasteiger partial charge in [-0.25, -0.2) is 0 Å². The standard InChI is InChI=1S/C13H20N2O2/c1-13(17,12(16)15(4)5)10-6-8-11(9-7-10)14(2)3/h6-9,17H,1-5H3. The highest BCUT2D eigenvalue weighted by Gasteiger charge is 2.33. The van der Waals surface area contributed by atoms with Gasteiger partial charge in [0.05, 0.1) is 0 Å². The Labute approximate surface area is 102 Å². The normalized spacial score (nSPS) is 14.0. The monoisotopic (exact) mass is 236 g/mol. The fourth-order valence-corrected chi connectivity index (χ4v) is 1.64. The molecular formula is C13H20N2O2. The predicted molar refractivity (Wildman–Crippen MR) is 69.0 cm³/mol. The van der Waals surface area contributed by atoms with Crippen molar-refractivity contribution in [2.45, 2.75) is 12.5 Å². The number of carbonyl (C=O) groups is 1. The van der Waals surface area contributed by atoms with E-state index in [2.05, 4.69) is 0 Å². The molecule has 0 aliphatic heterocycles. The molecule has 1 N–H and O–H groups in total. The molecule has 4 nitrogen and oxygen atoms in total. The Morgan fingerprint density at radius 3 is 1.94 bits per heavy atom. The highest BCUT2D eigenvalue weighted by atomic mass is 16.3. The molecule has 0 fully saturated rings. The third-order valence-corrected chi connectivity index (χ3v) is 2.77. The van der Waals surface area contributed by atoms with E-state index in [1.165, 1.54) is 11.8 Å². The summed E-state index contributed by atoms with van der Waals surface area (Å²) in [5.74, 6) is -0.324. The van der Waals surface area contributed by atoms with Crippen molar-refractivity contribution < 1.29 is 9.90 Å². The van der Waals surface area contributed by atoms with Gasteiger partial charge in [0.25, 0.3) is 5.91 Å². The Morgan fingerprint density at radius 1 is 1.12 bits per heavy atom. The molecule has 0 saturated carbocycles. The molecule has 0 heterocycles. The summed E-state index contributed by atoms with van der Waals surface area (Å²) in [5, 5.41) is 10.2. The Kier molecular flexibility index (Phi) is 3.78. The Hall–Kier alpha value is -1.55. The van der Waals surface area contributed by atoms with Gasteiger partial charge in [0.2, 0.25) is 0 Å². The van der Waals surface area contributed by atoms with Gasteiger partial charge in [-0.15, -0.1) is 0 Å². The molecule has 1 amide bonds. The second-order valence-electron chi connectivity index (χ2n) is 4.71. The number of aliphatic hydroxyl groups is 1.